The first-order valence-corrected chi connectivity index (χ1v) is 15.0. The number of ether oxygens (including phenoxy) is 1. The highest BCUT2D eigenvalue weighted by molar-refractivity contribution is 5.76. The highest BCUT2D eigenvalue weighted by Gasteiger charge is 2.69. The number of allylic oxidation sites excluding steroid dienone is 2. The summed E-state index contributed by atoms with van der Waals surface area (Å²) < 4.78 is 6.34. The molecular formula is C33H52O3. The van der Waals surface area contributed by atoms with Gasteiger partial charge in [-0.15, -0.1) is 6.58 Å². The lowest BCUT2D eigenvalue weighted by molar-refractivity contribution is -0.212. The van der Waals surface area contributed by atoms with E-state index in [9.17, 15) is 9.90 Å². The number of carboxylic acid groups (broad SMARTS) is 1. The zero-order chi connectivity index (χ0) is 26.3. The molecular weight excluding hydrogens is 444 g/mol. The summed E-state index contributed by atoms with van der Waals surface area (Å²) in [5, 5.41) is 10.6. The lowest BCUT2D eigenvalue weighted by Gasteiger charge is -2.71. The first kappa shape index (κ1) is 26.5. The Kier molecular flexibility index (Phi) is 6.23. The Bertz CT molecular complexity index is 949. The molecule has 5 rings (SSSR count). The van der Waals surface area contributed by atoms with Crippen molar-refractivity contribution >= 4 is 5.97 Å². The van der Waals surface area contributed by atoms with Gasteiger partial charge in [-0.05, 0) is 109 Å². The second-order valence-electron chi connectivity index (χ2n) is 15.1. The summed E-state index contributed by atoms with van der Waals surface area (Å²) in [6, 6.07) is 0. The van der Waals surface area contributed by atoms with E-state index in [0.717, 1.165) is 38.5 Å². The topological polar surface area (TPSA) is 46.5 Å². The van der Waals surface area contributed by atoms with Gasteiger partial charge in [-0.1, -0.05) is 66.2 Å². The van der Waals surface area contributed by atoms with Gasteiger partial charge < -0.3 is 9.84 Å². The van der Waals surface area contributed by atoms with E-state index < -0.39 is 11.4 Å². The van der Waals surface area contributed by atoms with Gasteiger partial charge in [0, 0.05) is 0 Å². The van der Waals surface area contributed by atoms with E-state index in [1.54, 1.807) is 5.57 Å². The van der Waals surface area contributed by atoms with Crippen LogP contribution >= 0.6 is 0 Å². The summed E-state index contributed by atoms with van der Waals surface area (Å²) in [7, 11) is 0. The van der Waals surface area contributed by atoms with Crippen LogP contribution in [0.5, 0.6) is 0 Å². The monoisotopic (exact) mass is 496 g/mol. The molecule has 0 amide bonds. The van der Waals surface area contributed by atoms with Crippen molar-refractivity contribution in [2.75, 3.05) is 6.61 Å². The number of hydrogen-bond acceptors (Lipinski definition) is 2. The average Bonchev–Trinajstić information content (AvgIpc) is 2.81. The molecule has 4 fully saturated rings. The standard InChI is InChI=1S/C33H52O3/c1-9-20-36-26-14-15-30(6)24(29(26,4)5)13-16-32(8)25(30)11-10-23-27-22(3)21(2)12-17-33(27,28(34)35)19-18-31(23,32)7/h9-10,21-22,24-27H,1,11-20H2,2-8H3,(H,34,35)/t21-,22-,24?,25?,26-,27-,30-,31-,32+,33-/m0/s1. The Hall–Kier alpha value is -1.09. The van der Waals surface area contributed by atoms with Crippen molar-refractivity contribution in [1.29, 1.82) is 0 Å². The van der Waals surface area contributed by atoms with Gasteiger partial charge in [-0.3, -0.25) is 4.79 Å². The molecule has 10 atom stereocenters. The summed E-state index contributed by atoms with van der Waals surface area (Å²) in [6.07, 6.45) is 14.6. The predicted molar refractivity (Wildman–Crippen MR) is 147 cm³/mol. The van der Waals surface area contributed by atoms with Gasteiger partial charge in [0.2, 0.25) is 0 Å². The van der Waals surface area contributed by atoms with Gasteiger partial charge in [0.1, 0.15) is 0 Å². The lowest BCUT2D eigenvalue weighted by atomic mass is 9.33. The molecule has 0 saturated heterocycles. The third-order valence-electron chi connectivity index (χ3n) is 13.8. The minimum Gasteiger partial charge on any atom is -0.481 e. The fourth-order valence-electron chi connectivity index (χ4n) is 11.3. The van der Waals surface area contributed by atoms with Crippen molar-refractivity contribution in [2.45, 2.75) is 112 Å². The van der Waals surface area contributed by atoms with E-state index >= 15 is 0 Å². The molecule has 4 saturated carbocycles. The van der Waals surface area contributed by atoms with Crippen LogP contribution in [-0.4, -0.2) is 23.8 Å². The predicted octanol–water partition coefficient (Wildman–Crippen LogP) is 8.30. The van der Waals surface area contributed by atoms with Gasteiger partial charge in [-0.2, -0.15) is 0 Å². The summed E-state index contributed by atoms with van der Waals surface area (Å²) in [4.78, 5) is 12.9. The van der Waals surface area contributed by atoms with Gasteiger partial charge >= 0.3 is 5.97 Å². The Morgan fingerprint density at radius 3 is 2.42 bits per heavy atom. The molecule has 3 nitrogen and oxygen atoms in total. The van der Waals surface area contributed by atoms with Crippen LogP contribution in [0.1, 0.15) is 106 Å². The molecule has 5 aliphatic carbocycles. The Labute approximate surface area is 220 Å². The number of fused-ring (bicyclic) bond motifs is 7. The molecule has 0 bridgehead atoms. The van der Waals surface area contributed by atoms with Crippen LogP contribution in [0, 0.1) is 56.7 Å². The normalized spacial score (nSPS) is 51.6. The average molecular weight is 497 g/mol. The number of carbonyl (C=O) groups is 1. The molecule has 0 aromatic heterocycles. The van der Waals surface area contributed by atoms with E-state index in [0.29, 0.717) is 41.8 Å². The van der Waals surface area contributed by atoms with Crippen molar-refractivity contribution in [1.82, 2.24) is 0 Å². The number of hydrogen-bond donors (Lipinski definition) is 1. The second kappa shape index (κ2) is 8.45. The van der Waals surface area contributed by atoms with Gasteiger partial charge in [-0.25, -0.2) is 0 Å². The Morgan fingerprint density at radius 1 is 1.03 bits per heavy atom. The van der Waals surface area contributed by atoms with Gasteiger partial charge in [0.25, 0.3) is 0 Å². The summed E-state index contributed by atoms with van der Waals surface area (Å²) in [5.74, 6) is 1.99. The van der Waals surface area contributed by atoms with Crippen LogP contribution in [0.15, 0.2) is 24.3 Å². The van der Waals surface area contributed by atoms with Crippen molar-refractivity contribution in [2.24, 2.45) is 56.7 Å². The molecule has 0 aromatic rings. The van der Waals surface area contributed by atoms with Crippen LogP contribution < -0.4 is 0 Å². The highest BCUT2D eigenvalue weighted by Crippen LogP contribution is 2.75. The summed E-state index contributed by atoms with van der Waals surface area (Å²) >= 11 is 0. The minimum atomic E-state index is -0.551. The fourth-order valence-corrected chi connectivity index (χ4v) is 11.3. The van der Waals surface area contributed by atoms with Crippen LogP contribution in [0.2, 0.25) is 0 Å². The zero-order valence-corrected chi connectivity index (χ0v) is 24.2. The van der Waals surface area contributed by atoms with Crippen LogP contribution in [0.4, 0.5) is 0 Å². The largest absolute Gasteiger partial charge is 0.481 e. The Balaban J connectivity index is 1.55. The zero-order valence-electron chi connectivity index (χ0n) is 24.2. The minimum absolute atomic E-state index is 0.0964. The number of aliphatic carboxylic acids is 1. The van der Waals surface area contributed by atoms with Gasteiger partial charge in [0.15, 0.2) is 0 Å². The van der Waals surface area contributed by atoms with Crippen molar-refractivity contribution in [3.05, 3.63) is 24.3 Å². The van der Waals surface area contributed by atoms with Crippen LogP contribution in [-0.2, 0) is 9.53 Å². The van der Waals surface area contributed by atoms with E-state index in [-0.39, 0.29) is 22.2 Å². The first-order valence-electron chi connectivity index (χ1n) is 15.0. The third kappa shape index (κ3) is 3.23. The molecule has 202 valence electrons. The molecule has 3 heteroatoms. The summed E-state index contributed by atoms with van der Waals surface area (Å²) in [6.45, 7) is 22.0. The molecule has 0 aromatic carbocycles. The van der Waals surface area contributed by atoms with E-state index in [2.05, 4.69) is 61.1 Å². The van der Waals surface area contributed by atoms with E-state index in [1.165, 1.54) is 19.3 Å². The molecule has 0 heterocycles. The second-order valence-corrected chi connectivity index (χ2v) is 15.1. The number of carboxylic acids is 1. The quantitative estimate of drug-likeness (QED) is 0.398. The first-order chi connectivity index (χ1) is 16.8. The summed E-state index contributed by atoms with van der Waals surface area (Å²) in [5.41, 5.74) is 1.75. The third-order valence-corrected chi connectivity index (χ3v) is 13.8. The van der Waals surface area contributed by atoms with Crippen LogP contribution in [0.25, 0.3) is 0 Å². The van der Waals surface area contributed by atoms with Gasteiger partial charge in [0.05, 0.1) is 18.1 Å². The Morgan fingerprint density at radius 2 is 1.75 bits per heavy atom. The smallest absolute Gasteiger partial charge is 0.310 e. The van der Waals surface area contributed by atoms with Crippen molar-refractivity contribution in [3.8, 4) is 0 Å². The lowest BCUT2D eigenvalue weighted by Crippen LogP contribution is -2.65. The molecule has 0 spiro atoms. The molecule has 0 radical (unpaired) electrons. The molecule has 36 heavy (non-hydrogen) atoms. The molecule has 2 unspecified atom stereocenters. The van der Waals surface area contributed by atoms with Crippen molar-refractivity contribution in [3.63, 3.8) is 0 Å². The molecule has 1 N–H and O–H groups in total. The van der Waals surface area contributed by atoms with E-state index in [4.69, 9.17) is 4.74 Å². The maximum Gasteiger partial charge on any atom is 0.310 e. The fraction of sp³-hybridized carbons (Fsp3) is 0.848. The molecule has 0 aliphatic heterocycles. The number of rotatable bonds is 4. The van der Waals surface area contributed by atoms with Crippen molar-refractivity contribution < 1.29 is 14.6 Å². The highest BCUT2D eigenvalue weighted by atomic mass is 16.5. The maximum atomic E-state index is 12.9. The van der Waals surface area contributed by atoms with E-state index in [1.807, 2.05) is 6.08 Å². The molecule has 5 aliphatic rings. The maximum absolute atomic E-state index is 12.9. The SMILES string of the molecule is C=CCO[C@H]1CC[C@@]2(C)C(CC[C@]3(C)C2CC=C2[C@@H]4[C@@H](C)[C@@H](C)CC[C@]4(C(=O)O)CC[C@@]23C)C1(C)C. The van der Waals surface area contributed by atoms with Crippen LogP contribution in [0.3, 0.4) is 0 Å².